The topological polar surface area (TPSA) is 37.3 Å². The summed E-state index contributed by atoms with van der Waals surface area (Å²) in [6, 6.07) is 18.7. The van der Waals surface area contributed by atoms with E-state index in [0.29, 0.717) is 0 Å². The number of aryl methyl sites for hydroxylation is 1. The van der Waals surface area contributed by atoms with Crippen molar-refractivity contribution in [2.45, 2.75) is 19.3 Å². The van der Waals surface area contributed by atoms with Gasteiger partial charge in [0, 0.05) is 6.08 Å². The normalized spacial score (nSPS) is 14.2. The first-order valence-corrected chi connectivity index (χ1v) is 7.49. The van der Waals surface area contributed by atoms with Crippen LogP contribution in [0.4, 0.5) is 0 Å². The summed E-state index contributed by atoms with van der Waals surface area (Å²) in [4.78, 5) is 10.8. The maximum Gasteiger partial charge on any atom is 0.328 e. The van der Waals surface area contributed by atoms with E-state index in [1.807, 2.05) is 24.3 Å². The molecular formula is C20H18O2. The molecule has 0 saturated carbocycles. The first-order chi connectivity index (χ1) is 10.7. The summed E-state index contributed by atoms with van der Waals surface area (Å²) in [5, 5.41) is 8.91. The maximum absolute atomic E-state index is 10.8. The van der Waals surface area contributed by atoms with E-state index in [-0.39, 0.29) is 0 Å². The number of hydrogen-bond donors (Lipinski definition) is 1. The lowest BCUT2D eigenvalue weighted by atomic mass is 9.82. The highest BCUT2D eigenvalue weighted by atomic mass is 16.4. The van der Waals surface area contributed by atoms with Gasteiger partial charge in [-0.3, -0.25) is 0 Å². The molecule has 22 heavy (non-hydrogen) atoms. The molecule has 3 rings (SSSR count). The molecule has 0 radical (unpaired) electrons. The van der Waals surface area contributed by atoms with E-state index in [0.717, 1.165) is 24.8 Å². The van der Waals surface area contributed by atoms with Crippen molar-refractivity contribution >= 4 is 11.5 Å². The number of carboxylic acids is 1. The van der Waals surface area contributed by atoms with Crippen molar-refractivity contribution in [3.05, 3.63) is 89.0 Å². The summed E-state index contributed by atoms with van der Waals surface area (Å²) in [5.41, 5.74) is 6.22. The molecular weight excluding hydrogens is 272 g/mol. The molecule has 0 unspecified atom stereocenters. The molecule has 0 atom stereocenters. The van der Waals surface area contributed by atoms with Crippen LogP contribution in [0.3, 0.4) is 0 Å². The maximum atomic E-state index is 10.8. The molecule has 2 aromatic rings. The minimum Gasteiger partial charge on any atom is -0.478 e. The summed E-state index contributed by atoms with van der Waals surface area (Å²) in [5.74, 6) is -0.898. The van der Waals surface area contributed by atoms with Crippen LogP contribution in [-0.2, 0) is 17.6 Å². The zero-order valence-electron chi connectivity index (χ0n) is 12.3. The second-order valence-corrected chi connectivity index (χ2v) is 5.49. The third-order valence-corrected chi connectivity index (χ3v) is 4.04. The molecule has 1 aliphatic rings. The van der Waals surface area contributed by atoms with Crippen LogP contribution in [0.1, 0.15) is 23.1 Å². The number of benzene rings is 2. The van der Waals surface area contributed by atoms with Crippen LogP contribution in [0.25, 0.3) is 5.57 Å². The van der Waals surface area contributed by atoms with Gasteiger partial charge in [-0.2, -0.15) is 0 Å². The number of hydrogen-bond acceptors (Lipinski definition) is 1. The van der Waals surface area contributed by atoms with Gasteiger partial charge in [-0.25, -0.2) is 4.79 Å². The van der Waals surface area contributed by atoms with Gasteiger partial charge < -0.3 is 5.11 Å². The van der Waals surface area contributed by atoms with Gasteiger partial charge in [-0.15, -0.1) is 0 Å². The van der Waals surface area contributed by atoms with E-state index < -0.39 is 5.97 Å². The fourth-order valence-electron chi connectivity index (χ4n) is 2.99. The van der Waals surface area contributed by atoms with E-state index in [9.17, 15) is 4.79 Å². The number of carboxylic acid groups (broad SMARTS) is 1. The van der Waals surface area contributed by atoms with Crippen molar-refractivity contribution in [1.29, 1.82) is 0 Å². The Morgan fingerprint density at radius 1 is 1.00 bits per heavy atom. The molecule has 0 aliphatic heterocycles. The standard InChI is InChI=1S/C20H18O2/c21-20(22)13-12-17-11-10-16-8-4-5-9-18(16)19(17)14-15-6-2-1-3-7-15/h1-9,12-13H,10-11,14H2,(H,21,22)/b13-12+. The summed E-state index contributed by atoms with van der Waals surface area (Å²) >= 11 is 0. The zero-order valence-corrected chi connectivity index (χ0v) is 12.3. The molecule has 0 saturated heterocycles. The quantitative estimate of drug-likeness (QED) is 0.854. The third-order valence-electron chi connectivity index (χ3n) is 4.04. The number of carbonyl (C=O) groups is 1. The predicted octanol–water partition coefficient (Wildman–Crippen LogP) is 4.27. The van der Waals surface area contributed by atoms with Gasteiger partial charge in [0.05, 0.1) is 0 Å². The van der Waals surface area contributed by atoms with Crippen LogP contribution in [0.15, 0.2) is 72.3 Å². The van der Waals surface area contributed by atoms with E-state index >= 15 is 0 Å². The van der Waals surface area contributed by atoms with Crippen LogP contribution in [0.5, 0.6) is 0 Å². The molecule has 0 bridgehead atoms. The van der Waals surface area contributed by atoms with Crippen LogP contribution in [-0.4, -0.2) is 11.1 Å². The fraction of sp³-hybridized carbons (Fsp3) is 0.150. The Bertz CT molecular complexity index is 739. The molecule has 1 aliphatic carbocycles. The monoisotopic (exact) mass is 290 g/mol. The number of rotatable bonds is 4. The van der Waals surface area contributed by atoms with Crippen LogP contribution < -0.4 is 0 Å². The largest absolute Gasteiger partial charge is 0.478 e. The second kappa shape index (κ2) is 6.44. The number of aliphatic carboxylic acids is 1. The SMILES string of the molecule is O=C(O)/C=C/C1=C(Cc2ccccc2)c2ccccc2CC1. The molecule has 0 amide bonds. The molecule has 0 fully saturated rings. The molecule has 2 aromatic carbocycles. The van der Waals surface area contributed by atoms with Gasteiger partial charge in [0.25, 0.3) is 0 Å². The van der Waals surface area contributed by atoms with Crippen molar-refractivity contribution in [1.82, 2.24) is 0 Å². The van der Waals surface area contributed by atoms with Crippen LogP contribution >= 0.6 is 0 Å². The lowest BCUT2D eigenvalue weighted by Crippen LogP contribution is -2.06. The minimum atomic E-state index is -0.898. The Balaban J connectivity index is 2.05. The molecule has 0 aromatic heterocycles. The Labute approximate surface area is 130 Å². The zero-order chi connectivity index (χ0) is 15.4. The van der Waals surface area contributed by atoms with Crippen molar-refractivity contribution in [2.24, 2.45) is 0 Å². The second-order valence-electron chi connectivity index (χ2n) is 5.49. The number of allylic oxidation sites excluding steroid dienone is 3. The predicted molar refractivity (Wildman–Crippen MR) is 88.6 cm³/mol. The first-order valence-electron chi connectivity index (χ1n) is 7.49. The molecule has 1 N–H and O–H groups in total. The van der Waals surface area contributed by atoms with Gasteiger partial charge >= 0.3 is 5.97 Å². The van der Waals surface area contributed by atoms with Crippen LogP contribution in [0.2, 0.25) is 0 Å². The molecule has 2 heteroatoms. The summed E-state index contributed by atoms with van der Waals surface area (Å²) in [7, 11) is 0. The van der Waals surface area contributed by atoms with Gasteiger partial charge in [0.1, 0.15) is 0 Å². The van der Waals surface area contributed by atoms with E-state index in [2.05, 4.69) is 30.3 Å². The lowest BCUT2D eigenvalue weighted by Gasteiger charge is -2.22. The Kier molecular flexibility index (Phi) is 4.19. The third kappa shape index (κ3) is 3.17. The van der Waals surface area contributed by atoms with Crippen molar-refractivity contribution in [3.63, 3.8) is 0 Å². The van der Waals surface area contributed by atoms with Gasteiger partial charge in [-0.05, 0) is 47.1 Å². The van der Waals surface area contributed by atoms with E-state index in [1.54, 1.807) is 6.08 Å². The van der Waals surface area contributed by atoms with Crippen LogP contribution in [0, 0.1) is 0 Å². The fourth-order valence-corrected chi connectivity index (χ4v) is 2.99. The van der Waals surface area contributed by atoms with Crippen molar-refractivity contribution < 1.29 is 9.90 Å². The highest BCUT2D eigenvalue weighted by Crippen LogP contribution is 2.34. The van der Waals surface area contributed by atoms with Gasteiger partial charge in [0.2, 0.25) is 0 Å². The van der Waals surface area contributed by atoms with Gasteiger partial charge in [-0.1, -0.05) is 60.7 Å². The highest BCUT2D eigenvalue weighted by molar-refractivity contribution is 5.83. The molecule has 0 heterocycles. The van der Waals surface area contributed by atoms with Gasteiger partial charge in [0.15, 0.2) is 0 Å². The molecule has 2 nitrogen and oxygen atoms in total. The molecule has 0 spiro atoms. The Morgan fingerprint density at radius 2 is 1.73 bits per heavy atom. The average Bonchev–Trinajstić information content (AvgIpc) is 2.55. The minimum absolute atomic E-state index is 0.831. The van der Waals surface area contributed by atoms with E-state index in [4.69, 9.17) is 5.11 Å². The number of fused-ring (bicyclic) bond motifs is 1. The summed E-state index contributed by atoms with van der Waals surface area (Å²) in [6.45, 7) is 0. The lowest BCUT2D eigenvalue weighted by molar-refractivity contribution is -0.131. The Hall–Kier alpha value is -2.61. The summed E-state index contributed by atoms with van der Waals surface area (Å²) in [6.07, 6.45) is 5.69. The van der Waals surface area contributed by atoms with E-state index in [1.165, 1.54) is 28.3 Å². The molecule has 110 valence electrons. The Morgan fingerprint density at radius 3 is 2.50 bits per heavy atom. The van der Waals surface area contributed by atoms with Crippen molar-refractivity contribution in [2.75, 3.05) is 0 Å². The summed E-state index contributed by atoms with van der Waals surface area (Å²) < 4.78 is 0. The first kappa shape index (κ1) is 14.3. The smallest absolute Gasteiger partial charge is 0.328 e. The van der Waals surface area contributed by atoms with Crippen molar-refractivity contribution in [3.8, 4) is 0 Å². The average molecular weight is 290 g/mol. The highest BCUT2D eigenvalue weighted by Gasteiger charge is 2.17.